The maximum Gasteiger partial charge on any atom is 0.409 e. The Morgan fingerprint density at radius 2 is 1.97 bits per heavy atom. The van der Waals surface area contributed by atoms with Gasteiger partial charge in [-0.15, -0.1) is 0 Å². The highest BCUT2D eigenvalue weighted by Gasteiger charge is 2.45. The first-order valence-corrected chi connectivity index (χ1v) is 11.4. The molecule has 2 fully saturated rings. The van der Waals surface area contributed by atoms with Gasteiger partial charge in [0, 0.05) is 35.7 Å². The van der Waals surface area contributed by atoms with Gasteiger partial charge < -0.3 is 14.6 Å². The molecule has 1 aromatic carbocycles. The van der Waals surface area contributed by atoms with E-state index in [1.165, 1.54) is 0 Å². The van der Waals surface area contributed by atoms with E-state index in [1.807, 2.05) is 42.2 Å². The summed E-state index contributed by atoms with van der Waals surface area (Å²) in [5, 5.41) is 0. The number of hydrogen-bond acceptors (Lipinski definition) is 5. The molecule has 7 heteroatoms. The zero-order valence-corrected chi connectivity index (χ0v) is 18.1. The standard InChI is InChI=1S/C24H30N4O3/c1-2-31-23(30)28-13-9-18(16-28)27-14-11-24(12-15-27)10-8-19-20(24)25-21(26-22(19)29)17-6-4-3-5-7-17/h3-7,18H,2,8-16H2,1H3,(H,25,26,29). The number of piperidine rings is 1. The van der Waals surface area contributed by atoms with Crippen molar-refractivity contribution in [2.75, 3.05) is 32.8 Å². The van der Waals surface area contributed by atoms with E-state index in [4.69, 9.17) is 9.72 Å². The Bertz CT molecular complexity index is 1010. The smallest absolute Gasteiger partial charge is 0.409 e. The van der Waals surface area contributed by atoms with E-state index in [9.17, 15) is 9.59 Å². The van der Waals surface area contributed by atoms with Crippen LogP contribution in [0.25, 0.3) is 11.4 Å². The Morgan fingerprint density at radius 3 is 2.71 bits per heavy atom. The number of fused-ring (bicyclic) bond motifs is 2. The van der Waals surface area contributed by atoms with Crippen LogP contribution >= 0.6 is 0 Å². The fourth-order valence-electron chi connectivity index (χ4n) is 5.61. The fraction of sp³-hybridized carbons (Fsp3) is 0.542. The van der Waals surface area contributed by atoms with E-state index in [0.29, 0.717) is 18.5 Å². The van der Waals surface area contributed by atoms with Gasteiger partial charge in [0.05, 0.1) is 12.3 Å². The van der Waals surface area contributed by atoms with Crippen molar-refractivity contribution >= 4 is 6.09 Å². The average molecular weight is 423 g/mol. The molecule has 5 rings (SSSR count). The number of rotatable bonds is 3. The van der Waals surface area contributed by atoms with Gasteiger partial charge in [0.2, 0.25) is 0 Å². The second kappa shape index (κ2) is 8.11. The predicted octanol–water partition coefficient (Wildman–Crippen LogP) is 2.95. The molecule has 0 bridgehead atoms. The van der Waals surface area contributed by atoms with Gasteiger partial charge in [0.25, 0.3) is 5.56 Å². The van der Waals surface area contributed by atoms with E-state index < -0.39 is 0 Å². The number of aromatic amines is 1. The molecule has 2 aromatic rings. The van der Waals surface area contributed by atoms with Crippen molar-refractivity contribution in [2.24, 2.45) is 0 Å². The summed E-state index contributed by atoms with van der Waals surface area (Å²) in [6, 6.07) is 10.3. The monoisotopic (exact) mass is 422 g/mol. The van der Waals surface area contributed by atoms with Crippen molar-refractivity contribution in [1.82, 2.24) is 19.8 Å². The molecule has 2 aliphatic heterocycles. The Labute approximate surface area is 182 Å². The van der Waals surface area contributed by atoms with Crippen molar-refractivity contribution in [3.63, 3.8) is 0 Å². The molecule has 1 atom stereocenters. The molecule has 0 saturated carbocycles. The van der Waals surface area contributed by atoms with E-state index in [1.54, 1.807) is 0 Å². The number of benzene rings is 1. The predicted molar refractivity (Wildman–Crippen MR) is 118 cm³/mol. The number of nitrogens with zero attached hydrogens (tertiary/aromatic N) is 3. The van der Waals surface area contributed by atoms with Crippen LogP contribution in [0.1, 0.15) is 43.9 Å². The third kappa shape index (κ3) is 3.65. The van der Waals surface area contributed by atoms with Crippen molar-refractivity contribution in [1.29, 1.82) is 0 Å². The van der Waals surface area contributed by atoms with Gasteiger partial charge in [-0.05, 0) is 52.1 Å². The van der Waals surface area contributed by atoms with Gasteiger partial charge in [-0.25, -0.2) is 9.78 Å². The van der Waals surface area contributed by atoms with Crippen LogP contribution in [0, 0.1) is 0 Å². The van der Waals surface area contributed by atoms with Gasteiger partial charge in [0.15, 0.2) is 0 Å². The second-order valence-electron chi connectivity index (χ2n) is 9.01. The first kappa shape index (κ1) is 20.2. The van der Waals surface area contributed by atoms with Gasteiger partial charge >= 0.3 is 6.09 Å². The zero-order chi connectivity index (χ0) is 21.4. The normalized spacial score (nSPS) is 22.6. The average Bonchev–Trinajstić information content (AvgIpc) is 3.42. The molecule has 3 aliphatic rings. The van der Waals surface area contributed by atoms with Crippen LogP contribution in [0.15, 0.2) is 35.1 Å². The Kier molecular flexibility index (Phi) is 5.30. The summed E-state index contributed by atoms with van der Waals surface area (Å²) in [7, 11) is 0. The zero-order valence-electron chi connectivity index (χ0n) is 18.1. The van der Waals surface area contributed by atoms with Crippen LogP contribution < -0.4 is 5.56 Å². The van der Waals surface area contributed by atoms with Crippen LogP contribution in [-0.2, 0) is 16.6 Å². The summed E-state index contributed by atoms with van der Waals surface area (Å²) < 4.78 is 5.16. The molecule has 1 amide bonds. The van der Waals surface area contributed by atoms with Gasteiger partial charge in [-0.1, -0.05) is 30.3 Å². The highest BCUT2D eigenvalue weighted by molar-refractivity contribution is 5.68. The lowest BCUT2D eigenvalue weighted by atomic mass is 9.76. The first-order valence-electron chi connectivity index (χ1n) is 11.4. The van der Waals surface area contributed by atoms with Crippen molar-refractivity contribution in [2.45, 2.75) is 50.5 Å². The van der Waals surface area contributed by atoms with Crippen LogP contribution in [-0.4, -0.2) is 64.7 Å². The van der Waals surface area contributed by atoms with Gasteiger partial charge in [-0.2, -0.15) is 0 Å². The van der Waals surface area contributed by atoms with E-state index in [0.717, 1.165) is 75.1 Å². The maximum atomic E-state index is 12.8. The molecular formula is C24H30N4O3. The summed E-state index contributed by atoms with van der Waals surface area (Å²) in [6.07, 6.45) is 4.65. The number of carbonyl (C=O) groups excluding carboxylic acids is 1. The van der Waals surface area contributed by atoms with E-state index in [-0.39, 0.29) is 17.1 Å². The number of likely N-dealkylation sites (tertiary alicyclic amines) is 2. The topological polar surface area (TPSA) is 78.5 Å². The summed E-state index contributed by atoms with van der Waals surface area (Å²) in [5.41, 5.74) is 2.87. The minimum Gasteiger partial charge on any atom is -0.450 e. The molecule has 1 aromatic heterocycles. The van der Waals surface area contributed by atoms with Crippen LogP contribution in [0.4, 0.5) is 4.79 Å². The summed E-state index contributed by atoms with van der Waals surface area (Å²) in [4.78, 5) is 37.2. The number of aromatic nitrogens is 2. The molecule has 7 nitrogen and oxygen atoms in total. The van der Waals surface area contributed by atoms with E-state index >= 15 is 0 Å². The molecule has 1 spiro atoms. The Balaban J connectivity index is 1.32. The molecule has 1 N–H and O–H groups in total. The lowest BCUT2D eigenvalue weighted by Crippen LogP contribution is -2.47. The number of ether oxygens (including phenoxy) is 1. The Hall–Kier alpha value is -2.67. The molecule has 1 aliphatic carbocycles. The quantitative estimate of drug-likeness (QED) is 0.823. The van der Waals surface area contributed by atoms with Gasteiger partial charge in [-0.3, -0.25) is 9.69 Å². The molecule has 164 valence electrons. The molecule has 3 heterocycles. The number of nitrogens with one attached hydrogen (secondary N) is 1. The minimum atomic E-state index is -0.194. The van der Waals surface area contributed by atoms with Crippen LogP contribution in [0.2, 0.25) is 0 Å². The number of hydrogen-bond donors (Lipinski definition) is 1. The largest absolute Gasteiger partial charge is 0.450 e. The third-order valence-corrected chi connectivity index (χ3v) is 7.38. The molecule has 31 heavy (non-hydrogen) atoms. The lowest BCUT2D eigenvalue weighted by Gasteiger charge is -2.41. The highest BCUT2D eigenvalue weighted by atomic mass is 16.6. The molecular weight excluding hydrogens is 392 g/mol. The first-order chi connectivity index (χ1) is 15.1. The molecule has 2 saturated heterocycles. The fourth-order valence-corrected chi connectivity index (χ4v) is 5.61. The van der Waals surface area contributed by atoms with Crippen LogP contribution in [0.3, 0.4) is 0 Å². The maximum absolute atomic E-state index is 12.8. The second-order valence-corrected chi connectivity index (χ2v) is 9.01. The Morgan fingerprint density at radius 1 is 1.19 bits per heavy atom. The lowest BCUT2D eigenvalue weighted by molar-refractivity contribution is 0.0982. The summed E-state index contributed by atoms with van der Waals surface area (Å²) >= 11 is 0. The number of H-pyrrole nitrogens is 1. The SMILES string of the molecule is CCOC(=O)N1CCC(N2CCC3(CCc4c3nc(-c3ccccc3)[nH]c4=O)CC2)C1. The number of amides is 1. The summed E-state index contributed by atoms with van der Waals surface area (Å²) in [5.74, 6) is 0.675. The highest BCUT2D eigenvalue weighted by Crippen LogP contribution is 2.45. The summed E-state index contributed by atoms with van der Waals surface area (Å²) in [6.45, 7) is 5.75. The van der Waals surface area contributed by atoms with E-state index in [2.05, 4.69) is 9.88 Å². The number of carbonyl (C=O) groups is 1. The minimum absolute atomic E-state index is 0.00303. The van der Waals surface area contributed by atoms with Gasteiger partial charge in [0.1, 0.15) is 5.82 Å². The molecule has 1 unspecified atom stereocenters. The van der Waals surface area contributed by atoms with Crippen molar-refractivity contribution in [3.8, 4) is 11.4 Å². The van der Waals surface area contributed by atoms with Crippen molar-refractivity contribution < 1.29 is 9.53 Å². The van der Waals surface area contributed by atoms with Crippen LogP contribution in [0.5, 0.6) is 0 Å². The van der Waals surface area contributed by atoms with Crippen molar-refractivity contribution in [3.05, 3.63) is 51.9 Å². The third-order valence-electron chi connectivity index (χ3n) is 7.38. The molecule has 0 radical (unpaired) electrons.